The van der Waals surface area contributed by atoms with Gasteiger partial charge in [-0.1, -0.05) is 42.8 Å². The molecule has 0 unspecified atom stereocenters. The first-order chi connectivity index (χ1) is 15.6. The molecule has 0 spiro atoms. The third-order valence-electron chi connectivity index (χ3n) is 4.93. The van der Waals surface area contributed by atoms with Crippen LogP contribution in [0.2, 0.25) is 5.02 Å². The smallest absolute Gasteiger partial charge is 0.263 e. The van der Waals surface area contributed by atoms with E-state index >= 15 is 0 Å². The standard InChI is InChI=1S/C26H20ClN3O2/c1-3-11-32-22-13-18(12-20(27)15-22)24-14-19(23-8-4-5-9-25(23)28-2)17-30(26(24)31)21-7-6-10-29-16-21/h4-10,12-17H,3,11H2,1H3. The lowest BCUT2D eigenvalue weighted by atomic mass is 10.00. The van der Waals surface area contributed by atoms with Gasteiger partial charge < -0.3 is 4.74 Å². The minimum Gasteiger partial charge on any atom is -0.494 e. The fourth-order valence-corrected chi connectivity index (χ4v) is 3.69. The Kier molecular flexibility index (Phi) is 6.34. The van der Waals surface area contributed by atoms with Crippen LogP contribution in [-0.4, -0.2) is 16.2 Å². The predicted molar refractivity (Wildman–Crippen MR) is 128 cm³/mol. The van der Waals surface area contributed by atoms with Crippen LogP contribution in [-0.2, 0) is 0 Å². The number of nitrogens with zero attached hydrogens (tertiary/aromatic N) is 3. The zero-order valence-corrected chi connectivity index (χ0v) is 18.2. The summed E-state index contributed by atoms with van der Waals surface area (Å²) in [7, 11) is 0. The van der Waals surface area contributed by atoms with Gasteiger partial charge in [-0.2, -0.15) is 0 Å². The summed E-state index contributed by atoms with van der Waals surface area (Å²) in [5, 5.41) is 0.480. The number of hydrogen-bond donors (Lipinski definition) is 0. The van der Waals surface area contributed by atoms with E-state index in [-0.39, 0.29) is 5.56 Å². The van der Waals surface area contributed by atoms with Gasteiger partial charge in [0.25, 0.3) is 5.56 Å². The molecular formula is C26H20ClN3O2. The number of halogens is 1. The zero-order chi connectivity index (χ0) is 22.5. The average molecular weight is 442 g/mol. The molecule has 0 aliphatic rings. The molecule has 4 rings (SSSR count). The van der Waals surface area contributed by atoms with Crippen LogP contribution in [0.1, 0.15) is 13.3 Å². The van der Waals surface area contributed by atoms with Gasteiger partial charge in [-0.3, -0.25) is 14.3 Å². The van der Waals surface area contributed by atoms with Crippen molar-refractivity contribution in [1.82, 2.24) is 9.55 Å². The molecule has 0 aliphatic carbocycles. The van der Waals surface area contributed by atoms with Crippen molar-refractivity contribution in [3.63, 3.8) is 0 Å². The van der Waals surface area contributed by atoms with E-state index in [1.54, 1.807) is 53.5 Å². The van der Waals surface area contributed by atoms with Crippen molar-refractivity contribution in [2.75, 3.05) is 6.61 Å². The molecule has 158 valence electrons. The average Bonchev–Trinajstić information content (AvgIpc) is 2.83. The van der Waals surface area contributed by atoms with Crippen LogP contribution in [0.5, 0.6) is 5.75 Å². The monoisotopic (exact) mass is 441 g/mol. The minimum absolute atomic E-state index is 0.217. The lowest BCUT2D eigenvalue weighted by Crippen LogP contribution is -2.20. The molecule has 6 heteroatoms. The number of benzene rings is 2. The molecule has 2 aromatic carbocycles. The molecule has 0 fully saturated rings. The second kappa shape index (κ2) is 9.51. The SMILES string of the molecule is [C-]#[N+]c1ccccc1-c1cc(-c2cc(Cl)cc(OCCC)c2)c(=O)n(-c2cccnc2)c1. The molecule has 2 heterocycles. The van der Waals surface area contributed by atoms with E-state index < -0.39 is 0 Å². The minimum atomic E-state index is -0.217. The highest BCUT2D eigenvalue weighted by atomic mass is 35.5. The molecule has 0 saturated heterocycles. The molecule has 0 N–H and O–H groups in total. The fourth-order valence-electron chi connectivity index (χ4n) is 3.46. The van der Waals surface area contributed by atoms with Crippen molar-refractivity contribution in [3.05, 3.63) is 106 Å². The summed E-state index contributed by atoms with van der Waals surface area (Å²) in [6, 6.07) is 18.0. The summed E-state index contributed by atoms with van der Waals surface area (Å²) in [5.74, 6) is 0.605. The first kappa shape index (κ1) is 21.4. The molecule has 0 saturated carbocycles. The van der Waals surface area contributed by atoms with Crippen molar-refractivity contribution in [3.8, 4) is 33.7 Å². The number of pyridine rings is 2. The number of para-hydroxylation sites is 1. The quantitative estimate of drug-likeness (QED) is 0.318. The fraction of sp³-hybridized carbons (Fsp3) is 0.115. The summed E-state index contributed by atoms with van der Waals surface area (Å²) in [6.45, 7) is 10.1. The van der Waals surface area contributed by atoms with Crippen LogP contribution < -0.4 is 10.3 Å². The van der Waals surface area contributed by atoms with Crippen LogP contribution in [0, 0.1) is 6.57 Å². The van der Waals surface area contributed by atoms with E-state index in [2.05, 4.69) is 9.83 Å². The molecule has 2 aromatic heterocycles. The summed E-state index contributed by atoms with van der Waals surface area (Å²) < 4.78 is 7.31. The van der Waals surface area contributed by atoms with Gasteiger partial charge in [-0.25, -0.2) is 4.85 Å². The number of hydrogen-bond acceptors (Lipinski definition) is 3. The highest BCUT2D eigenvalue weighted by Gasteiger charge is 2.15. The van der Waals surface area contributed by atoms with Gasteiger partial charge in [0, 0.05) is 23.0 Å². The highest BCUT2D eigenvalue weighted by molar-refractivity contribution is 6.31. The number of aromatic nitrogens is 2. The van der Waals surface area contributed by atoms with Crippen LogP contribution in [0.3, 0.4) is 0 Å². The Labute approximate surface area is 191 Å². The third-order valence-corrected chi connectivity index (χ3v) is 5.15. The molecule has 0 amide bonds. The lowest BCUT2D eigenvalue weighted by Gasteiger charge is -2.14. The van der Waals surface area contributed by atoms with Crippen molar-refractivity contribution in [2.24, 2.45) is 0 Å². The Morgan fingerprint density at radius 2 is 1.91 bits per heavy atom. The van der Waals surface area contributed by atoms with E-state index in [0.717, 1.165) is 17.5 Å². The Morgan fingerprint density at radius 1 is 1.06 bits per heavy atom. The normalized spacial score (nSPS) is 10.5. The molecule has 0 aliphatic heterocycles. The lowest BCUT2D eigenvalue weighted by molar-refractivity contribution is 0.317. The maximum atomic E-state index is 13.5. The number of rotatable bonds is 6. The Bertz CT molecular complexity index is 1360. The molecule has 4 aromatic rings. The van der Waals surface area contributed by atoms with Crippen LogP contribution in [0.15, 0.2) is 84.0 Å². The molecule has 5 nitrogen and oxygen atoms in total. The van der Waals surface area contributed by atoms with Gasteiger partial charge in [-0.15, -0.1) is 0 Å². The van der Waals surface area contributed by atoms with E-state index in [9.17, 15) is 4.79 Å². The van der Waals surface area contributed by atoms with Gasteiger partial charge in [0.1, 0.15) is 5.75 Å². The summed E-state index contributed by atoms with van der Waals surface area (Å²) in [6.07, 6.45) is 5.88. The van der Waals surface area contributed by atoms with Gasteiger partial charge in [-0.05, 0) is 59.5 Å². The van der Waals surface area contributed by atoms with Crippen LogP contribution in [0.25, 0.3) is 32.8 Å². The Morgan fingerprint density at radius 3 is 2.66 bits per heavy atom. The molecule has 0 bridgehead atoms. The Hall–Kier alpha value is -3.88. The van der Waals surface area contributed by atoms with Crippen molar-refractivity contribution in [2.45, 2.75) is 13.3 Å². The summed E-state index contributed by atoms with van der Waals surface area (Å²) in [4.78, 5) is 21.3. The van der Waals surface area contributed by atoms with E-state index in [1.807, 2.05) is 37.3 Å². The zero-order valence-electron chi connectivity index (χ0n) is 17.5. The second-order valence-corrected chi connectivity index (χ2v) is 7.62. The van der Waals surface area contributed by atoms with E-state index in [4.69, 9.17) is 22.9 Å². The highest BCUT2D eigenvalue weighted by Crippen LogP contribution is 2.34. The van der Waals surface area contributed by atoms with Crippen molar-refractivity contribution < 1.29 is 4.74 Å². The number of ether oxygens (including phenoxy) is 1. The molecule has 0 radical (unpaired) electrons. The molecule has 0 atom stereocenters. The third kappa shape index (κ3) is 4.41. The van der Waals surface area contributed by atoms with Gasteiger partial charge in [0.15, 0.2) is 5.69 Å². The molecule has 32 heavy (non-hydrogen) atoms. The molecular weight excluding hydrogens is 422 g/mol. The summed E-state index contributed by atoms with van der Waals surface area (Å²) in [5.41, 5.74) is 3.50. The van der Waals surface area contributed by atoms with Crippen molar-refractivity contribution in [1.29, 1.82) is 0 Å². The van der Waals surface area contributed by atoms with Gasteiger partial charge in [0.2, 0.25) is 0 Å². The topological polar surface area (TPSA) is 48.5 Å². The largest absolute Gasteiger partial charge is 0.494 e. The van der Waals surface area contributed by atoms with Crippen LogP contribution in [0.4, 0.5) is 5.69 Å². The van der Waals surface area contributed by atoms with E-state index in [1.165, 1.54) is 0 Å². The Balaban J connectivity index is 1.98. The maximum Gasteiger partial charge on any atom is 0.263 e. The van der Waals surface area contributed by atoms with Gasteiger partial charge >= 0.3 is 0 Å². The van der Waals surface area contributed by atoms with Crippen LogP contribution >= 0.6 is 11.6 Å². The summed E-state index contributed by atoms with van der Waals surface area (Å²) >= 11 is 6.35. The first-order valence-corrected chi connectivity index (χ1v) is 10.6. The van der Waals surface area contributed by atoms with Crippen molar-refractivity contribution >= 4 is 17.3 Å². The second-order valence-electron chi connectivity index (χ2n) is 7.18. The first-order valence-electron chi connectivity index (χ1n) is 10.2. The predicted octanol–water partition coefficient (Wildman–Crippen LogP) is 6.56. The maximum absolute atomic E-state index is 13.5. The van der Waals surface area contributed by atoms with Gasteiger partial charge in [0.05, 0.1) is 25.1 Å². The van der Waals surface area contributed by atoms with E-state index in [0.29, 0.717) is 39.9 Å².